The molecule has 2 aromatic carbocycles. The molecule has 134 valence electrons. The zero-order chi connectivity index (χ0) is 17.8. The van der Waals surface area contributed by atoms with Gasteiger partial charge >= 0.3 is 0 Å². The van der Waals surface area contributed by atoms with Crippen LogP contribution in [-0.4, -0.2) is 34.8 Å². The Morgan fingerprint density at radius 2 is 1.52 bits per heavy atom. The quantitative estimate of drug-likeness (QED) is 0.666. The molecule has 0 spiro atoms. The fourth-order valence-electron chi connectivity index (χ4n) is 3.24. The number of hydrogen-bond acceptors (Lipinski definition) is 5. The minimum Gasteiger partial charge on any atom is -0.390 e. The van der Waals surface area contributed by atoms with E-state index in [9.17, 15) is 10.2 Å². The van der Waals surface area contributed by atoms with Crippen LogP contribution < -0.4 is 11.1 Å². The van der Waals surface area contributed by atoms with Crippen molar-refractivity contribution in [3.63, 3.8) is 0 Å². The molecule has 1 unspecified atom stereocenters. The lowest BCUT2D eigenvalue weighted by Crippen LogP contribution is -2.54. The lowest BCUT2D eigenvalue weighted by atomic mass is 9.93. The fourth-order valence-corrected chi connectivity index (χ4v) is 3.24. The summed E-state index contributed by atoms with van der Waals surface area (Å²) in [5.41, 5.74) is 8.57. The van der Waals surface area contributed by atoms with Gasteiger partial charge in [-0.2, -0.15) is 0 Å². The number of aliphatic hydroxyl groups excluding tert-OH is 2. The van der Waals surface area contributed by atoms with E-state index in [-0.39, 0.29) is 24.6 Å². The van der Waals surface area contributed by atoms with Crippen molar-refractivity contribution in [3.8, 4) is 0 Å². The first-order chi connectivity index (χ1) is 12.1. The summed E-state index contributed by atoms with van der Waals surface area (Å²) in [6, 6.07) is 19.2. The molecule has 2 aromatic rings. The third kappa shape index (κ3) is 4.26. The van der Waals surface area contributed by atoms with Gasteiger partial charge in [0.2, 0.25) is 0 Å². The molecule has 1 heterocycles. The van der Waals surface area contributed by atoms with Crippen LogP contribution in [0.5, 0.6) is 0 Å². The number of rotatable bonds is 5. The first-order valence-electron chi connectivity index (χ1n) is 8.69. The monoisotopic (exact) mass is 342 g/mol. The van der Waals surface area contributed by atoms with Gasteiger partial charge < -0.3 is 20.7 Å². The Balaban J connectivity index is 1.84. The summed E-state index contributed by atoms with van der Waals surface area (Å²) in [7, 11) is 0. The average Bonchev–Trinajstić information content (AvgIpc) is 2.64. The Morgan fingerprint density at radius 3 is 2.12 bits per heavy atom. The molecular weight excluding hydrogens is 316 g/mol. The van der Waals surface area contributed by atoms with Gasteiger partial charge in [0.25, 0.3) is 0 Å². The van der Waals surface area contributed by atoms with Crippen LogP contribution >= 0.6 is 0 Å². The molecule has 5 heteroatoms. The molecule has 0 aromatic heterocycles. The summed E-state index contributed by atoms with van der Waals surface area (Å²) in [6.07, 6.45) is -2.10. The number of aliphatic hydroxyl groups is 2. The third-order valence-corrected chi connectivity index (χ3v) is 4.78. The zero-order valence-electron chi connectivity index (χ0n) is 14.3. The molecule has 1 aliphatic rings. The van der Waals surface area contributed by atoms with Crippen LogP contribution in [0.15, 0.2) is 60.7 Å². The van der Waals surface area contributed by atoms with E-state index in [0.717, 1.165) is 11.1 Å². The van der Waals surface area contributed by atoms with Gasteiger partial charge in [0.15, 0.2) is 0 Å². The van der Waals surface area contributed by atoms with Crippen molar-refractivity contribution >= 4 is 0 Å². The molecule has 0 bridgehead atoms. The van der Waals surface area contributed by atoms with E-state index in [1.165, 1.54) is 0 Å². The van der Waals surface area contributed by atoms with Crippen LogP contribution in [0.1, 0.15) is 36.6 Å². The first-order valence-corrected chi connectivity index (χ1v) is 8.69. The summed E-state index contributed by atoms with van der Waals surface area (Å²) in [5.74, 6) is 0. The molecule has 6 atom stereocenters. The van der Waals surface area contributed by atoms with E-state index in [1.54, 1.807) is 6.92 Å². The molecular formula is C20H26N2O3. The smallest absolute Gasteiger partial charge is 0.135 e. The minimum absolute atomic E-state index is 0.231. The second-order valence-electron chi connectivity index (χ2n) is 6.62. The van der Waals surface area contributed by atoms with Gasteiger partial charge in [-0.15, -0.1) is 0 Å². The van der Waals surface area contributed by atoms with Gasteiger partial charge in [-0.05, 0) is 18.1 Å². The number of ether oxygens (including phenoxy) is 1. The molecule has 0 amide bonds. The summed E-state index contributed by atoms with van der Waals surface area (Å²) in [5, 5.41) is 23.5. The van der Waals surface area contributed by atoms with Crippen molar-refractivity contribution in [2.45, 2.75) is 50.0 Å². The zero-order valence-corrected chi connectivity index (χ0v) is 14.3. The molecule has 25 heavy (non-hydrogen) atoms. The predicted molar refractivity (Wildman–Crippen MR) is 96.7 cm³/mol. The topological polar surface area (TPSA) is 87.7 Å². The van der Waals surface area contributed by atoms with Crippen LogP contribution in [0.3, 0.4) is 0 Å². The minimum atomic E-state index is -0.791. The lowest BCUT2D eigenvalue weighted by molar-refractivity contribution is -0.176. The van der Waals surface area contributed by atoms with E-state index < -0.39 is 18.4 Å². The molecule has 5 N–H and O–H groups in total. The first kappa shape index (κ1) is 18.0. The van der Waals surface area contributed by atoms with Crippen molar-refractivity contribution in [1.82, 2.24) is 5.32 Å². The summed E-state index contributed by atoms with van der Waals surface area (Å²) < 4.78 is 5.78. The summed E-state index contributed by atoms with van der Waals surface area (Å²) in [4.78, 5) is 0. The van der Waals surface area contributed by atoms with Crippen molar-refractivity contribution < 1.29 is 14.9 Å². The van der Waals surface area contributed by atoms with Crippen LogP contribution in [0.4, 0.5) is 0 Å². The molecule has 5 nitrogen and oxygen atoms in total. The molecule has 1 fully saturated rings. The maximum atomic E-state index is 10.3. The second-order valence-corrected chi connectivity index (χ2v) is 6.62. The fraction of sp³-hybridized carbons (Fsp3) is 0.400. The number of benzene rings is 2. The Kier molecular flexibility index (Phi) is 5.83. The highest BCUT2D eigenvalue weighted by Gasteiger charge is 2.36. The number of nitrogens with two attached hydrogens (primary N) is 1. The highest BCUT2D eigenvalue weighted by atomic mass is 16.5. The van der Waals surface area contributed by atoms with E-state index >= 15 is 0 Å². The van der Waals surface area contributed by atoms with Gasteiger partial charge in [-0.1, -0.05) is 60.7 Å². The summed E-state index contributed by atoms with van der Waals surface area (Å²) in [6.45, 7) is 1.81. The van der Waals surface area contributed by atoms with E-state index in [1.807, 2.05) is 60.7 Å². The molecule has 3 rings (SSSR count). The highest BCUT2D eigenvalue weighted by molar-refractivity contribution is 5.27. The van der Waals surface area contributed by atoms with Crippen LogP contribution in [0, 0.1) is 0 Å². The van der Waals surface area contributed by atoms with Gasteiger partial charge in [0.1, 0.15) is 6.23 Å². The SMILES string of the molecule is C[C@H]1OC(N[C@@H](c2ccccc2)[C@@H](N)c2ccccc2)[C@H](O)C[C@@H]1O. The van der Waals surface area contributed by atoms with E-state index in [2.05, 4.69) is 5.32 Å². The summed E-state index contributed by atoms with van der Waals surface area (Å²) >= 11 is 0. The molecule has 0 saturated carbocycles. The van der Waals surface area contributed by atoms with Gasteiger partial charge in [-0.3, -0.25) is 5.32 Å². The molecule has 0 aliphatic carbocycles. The Bertz CT molecular complexity index is 653. The average molecular weight is 342 g/mol. The van der Waals surface area contributed by atoms with Crippen LogP contribution in [0.2, 0.25) is 0 Å². The third-order valence-electron chi connectivity index (χ3n) is 4.78. The van der Waals surface area contributed by atoms with Crippen molar-refractivity contribution in [2.75, 3.05) is 0 Å². The normalized spacial score (nSPS) is 29.1. The second kappa shape index (κ2) is 8.08. The van der Waals surface area contributed by atoms with Crippen molar-refractivity contribution in [2.24, 2.45) is 5.73 Å². The van der Waals surface area contributed by atoms with Crippen molar-refractivity contribution in [3.05, 3.63) is 71.8 Å². The maximum Gasteiger partial charge on any atom is 0.135 e. The maximum absolute atomic E-state index is 10.3. The standard InChI is InChI=1S/C20H26N2O3/c1-13-16(23)12-17(24)20(25-13)22-19(15-10-6-3-7-11-15)18(21)14-8-4-2-5-9-14/h2-11,13,16-20,22-24H,12,21H2,1H3/t13-,16+,17-,18+,19+,20?/m1/s1. The molecule has 1 aliphatic heterocycles. The Labute approximate surface area is 148 Å². The Morgan fingerprint density at radius 1 is 0.960 bits per heavy atom. The van der Waals surface area contributed by atoms with Gasteiger partial charge in [-0.25, -0.2) is 0 Å². The van der Waals surface area contributed by atoms with Crippen LogP contribution in [0.25, 0.3) is 0 Å². The van der Waals surface area contributed by atoms with Gasteiger partial charge in [0.05, 0.1) is 24.4 Å². The number of hydrogen-bond donors (Lipinski definition) is 4. The van der Waals surface area contributed by atoms with Gasteiger partial charge in [0, 0.05) is 12.5 Å². The predicted octanol–water partition coefficient (Wildman–Crippen LogP) is 1.87. The largest absolute Gasteiger partial charge is 0.390 e. The molecule has 0 radical (unpaired) electrons. The van der Waals surface area contributed by atoms with E-state index in [4.69, 9.17) is 10.5 Å². The van der Waals surface area contributed by atoms with Crippen LogP contribution in [-0.2, 0) is 4.74 Å². The highest BCUT2D eigenvalue weighted by Crippen LogP contribution is 2.29. The number of nitrogens with one attached hydrogen (secondary N) is 1. The van der Waals surface area contributed by atoms with E-state index in [0.29, 0.717) is 0 Å². The van der Waals surface area contributed by atoms with Crippen molar-refractivity contribution in [1.29, 1.82) is 0 Å². The Hall–Kier alpha value is -1.76. The lowest BCUT2D eigenvalue weighted by Gasteiger charge is -2.39. The molecule has 1 saturated heterocycles.